The number of hydrogen-bond donors (Lipinski definition) is 1. The number of rotatable bonds is 7. The molecule has 1 N–H and O–H groups in total. The molecular weight excluding hydrogens is 482 g/mol. The molecule has 33 heavy (non-hydrogen) atoms. The second kappa shape index (κ2) is 10.5. The van der Waals surface area contributed by atoms with E-state index in [0.717, 1.165) is 33.4 Å². The summed E-state index contributed by atoms with van der Waals surface area (Å²) >= 11 is 3.48. The summed E-state index contributed by atoms with van der Waals surface area (Å²) in [5.74, 6) is -0.698. The first kappa shape index (κ1) is 23.5. The zero-order valence-corrected chi connectivity index (χ0v) is 20.5. The number of nitrogens with one attached hydrogen (secondary N) is 1. The van der Waals surface area contributed by atoms with Crippen molar-refractivity contribution in [2.24, 2.45) is 0 Å². The number of halogens is 1. The van der Waals surface area contributed by atoms with Gasteiger partial charge in [0.25, 0.3) is 0 Å². The molecule has 0 radical (unpaired) electrons. The number of hydrogen-bond acceptors (Lipinski definition) is 5. The molecule has 4 rings (SSSR count). The number of esters is 1. The van der Waals surface area contributed by atoms with Crippen molar-refractivity contribution in [3.8, 4) is 0 Å². The largest absolute Gasteiger partial charge is 0.460 e. The van der Waals surface area contributed by atoms with Crippen molar-refractivity contribution < 1.29 is 19.1 Å². The lowest BCUT2D eigenvalue weighted by atomic mass is 9.72. The number of ether oxygens (including phenoxy) is 2. The molecule has 2 aliphatic rings. The van der Waals surface area contributed by atoms with Crippen LogP contribution in [0.25, 0.3) is 0 Å². The van der Waals surface area contributed by atoms with Crippen LogP contribution in [0.4, 0.5) is 0 Å². The molecule has 2 atom stereocenters. The van der Waals surface area contributed by atoms with Crippen LogP contribution in [0.15, 0.2) is 81.6 Å². The molecular formula is C27H28BrNO4. The van der Waals surface area contributed by atoms with Crippen molar-refractivity contribution >= 4 is 27.7 Å². The van der Waals surface area contributed by atoms with Crippen LogP contribution < -0.4 is 5.32 Å². The van der Waals surface area contributed by atoms with Crippen LogP contribution in [0, 0.1) is 0 Å². The van der Waals surface area contributed by atoms with Crippen LogP contribution in [0.3, 0.4) is 0 Å². The van der Waals surface area contributed by atoms with Gasteiger partial charge in [0, 0.05) is 40.4 Å². The fraction of sp³-hybridized carbons (Fsp3) is 0.333. The lowest BCUT2D eigenvalue weighted by Gasteiger charge is -2.36. The maximum atomic E-state index is 13.5. The maximum Gasteiger partial charge on any atom is 0.336 e. The van der Waals surface area contributed by atoms with Crippen LogP contribution in [-0.2, 0) is 19.1 Å². The van der Waals surface area contributed by atoms with E-state index in [-0.39, 0.29) is 18.3 Å². The van der Waals surface area contributed by atoms with Gasteiger partial charge < -0.3 is 14.8 Å². The molecule has 0 spiro atoms. The Kier molecular flexibility index (Phi) is 7.46. The van der Waals surface area contributed by atoms with Gasteiger partial charge in [0.2, 0.25) is 0 Å². The van der Waals surface area contributed by atoms with Crippen LogP contribution in [0.1, 0.15) is 49.7 Å². The summed E-state index contributed by atoms with van der Waals surface area (Å²) in [6, 6.07) is 17.9. The van der Waals surface area contributed by atoms with E-state index in [9.17, 15) is 9.59 Å². The Morgan fingerprint density at radius 1 is 1.03 bits per heavy atom. The zero-order chi connectivity index (χ0) is 23.4. The molecule has 0 amide bonds. The lowest BCUT2D eigenvalue weighted by Crippen LogP contribution is -2.36. The maximum absolute atomic E-state index is 13.5. The topological polar surface area (TPSA) is 64.6 Å². The molecule has 0 saturated heterocycles. The van der Waals surface area contributed by atoms with Crippen molar-refractivity contribution in [2.75, 3.05) is 19.8 Å². The average molecular weight is 510 g/mol. The third-order valence-electron chi connectivity index (χ3n) is 6.19. The number of carbonyl (C=O) groups is 2. The van der Waals surface area contributed by atoms with E-state index in [1.807, 2.05) is 56.3 Å². The minimum atomic E-state index is -0.460. The first-order valence-corrected chi connectivity index (χ1v) is 12.1. The Bertz CT molecular complexity index is 1090. The van der Waals surface area contributed by atoms with Crippen molar-refractivity contribution in [1.29, 1.82) is 0 Å². The first-order chi connectivity index (χ1) is 16.0. The summed E-state index contributed by atoms with van der Waals surface area (Å²) < 4.78 is 11.8. The number of allylic oxidation sites excluding steroid dienone is 3. The molecule has 0 aromatic heterocycles. The van der Waals surface area contributed by atoms with Gasteiger partial charge in [0.1, 0.15) is 6.61 Å². The van der Waals surface area contributed by atoms with Crippen molar-refractivity contribution in [1.82, 2.24) is 5.32 Å². The van der Waals surface area contributed by atoms with E-state index in [1.54, 1.807) is 0 Å². The van der Waals surface area contributed by atoms with Crippen LogP contribution in [0.5, 0.6) is 0 Å². The molecule has 172 valence electrons. The summed E-state index contributed by atoms with van der Waals surface area (Å²) in [7, 11) is 0. The quantitative estimate of drug-likeness (QED) is 0.400. The number of ketones is 1. The predicted octanol–water partition coefficient (Wildman–Crippen LogP) is 5.39. The van der Waals surface area contributed by atoms with Gasteiger partial charge in [0.05, 0.1) is 12.2 Å². The Morgan fingerprint density at radius 3 is 2.45 bits per heavy atom. The Labute approximate surface area is 203 Å². The first-order valence-electron chi connectivity index (χ1n) is 11.3. The minimum Gasteiger partial charge on any atom is -0.460 e. The summed E-state index contributed by atoms with van der Waals surface area (Å²) in [6.07, 6.45) is 1.14. The number of dihydropyridines is 1. The van der Waals surface area contributed by atoms with E-state index in [4.69, 9.17) is 9.47 Å². The predicted molar refractivity (Wildman–Crippen MR) is 131 cm³/mol. The molecule has 0 saturated carbocycles. The minimum absolute atomic E-state index is 0.0673. The van der Waals surface area contributed by atoms with Gasteiger partial charge in [-0.1, -0.05) is 58.4 Å². The van der Waals surface area contributed by atoms with Crippen molar-refractivity contribution in [3.63, 3.8) is 0 Å². The molecule has 1 aliphatic carbocycles. The van der Waals surface area contributed by atoms with E-state index in [0.29, 0.717) is 30.8 Å². The molecule has 1 aliphatic heterocycles. The Morgan fingerprint density at radius 2 is 1.76 bits per heavy atom. The molecule has 6 heteroatoms. The summed E-state index contributed by atoms with van der Waals surface area (Å²) in [5, 5.41) is 3.39. The molecule has 5 nitrogen and oxygen atoms in total. The fourth-order valence-corrected chi connectivity index (χ4v) is 4.94. The third-order valence-corrected chi connectivity index (χ3v) is 6.72. The molecule has 0 bridgehead atoms. The second-order valence-corrected chi connectivity index (χ2v) is 9.23. The van der Waals surface area contributed by atoms with Gasteiger partial charge in [-0.25, -0.2) is 4.79 Å². The lowest BCUT2D eigenvalue weighted by molar-refractivity contribution is -0.140. The standard InChI is InChI=1S/C27H28BrNO4/c1-3-32-13-14-33-27(31)24-17(2)29-22-15-20(18-7-5-4-6-8-18)16-23(30)26(22)25(24)19-9-11-21(28)12-10-19/h4-12,20,25,29H,3,13-16H2,1-2H3/t20-,25-/m1/s1. The van der Waals surface area contributed by atoms with E-state index >= 15 is 0 Å². The highest BCUT2D eigenvalue weighted by Gasteiger charge is 2.41. The van der Waals surface area contributed by atoms with E-state index in [2.05, 4.69) is 33.4 Å². The number of carbonyl (C=O) groups excluding carboxylic acids is 2. The van der Waals surface area contributed by atoms with Crippen molar-refractivity contribution in [3.05, 3.63) is 92.7 Å². The van der Waals surface area contributed by atoms with Crippen LogP contribution in [-0.4, -0.2) is 31.6 Å². The normalized spacial score (nSPS) is 20.4. The second-order valence-electron chi connectivity index (χ2n) is 8.31. The third kappa shape index (κ3) is 5.12. The number of benzene rings is 2. The molecule has 0 unspecified atom stereocenters. The highest BCUT2D eigenvalue weighted by atomic mass is 79.9. The molecule has 1 heterocycles. The van der Waals surface area contributed by atoms with E-state index < -0.39 is 11.9 Å². The Balaban J connectivity index is 1.70. The van der Waals surface area contributed by atoms with Gasteiger partial charge in [-0.2, -0.15) is 0 Å². The Hall–Kier alpha value is -2.70. The monoisotopic (exact) mass is 509 g/mol. The average Bonchev–Trinajstić information content (AvgIpc) is 2.82. The van der Waals surface area contributed by atoms with Gasteiger partial charge in [-0.05, 0) is 49.4 Å². The van der Waals surface area contributed by atoms with E-state index in [1.165, 1.54) is 0 Å². The highest BCUT2D eigenvalue weighted by Crippen LogP contribution is 2.45. The van der Waals surface area contributed by atoms with Gasteiger partial charge in [0.15, 0.2) is 5.78 Å². The van der Waals surface area contributed by atoms with Crippen LogP contribution >= 0.6 is 15.9 Å². The smallest absolute Gasteiger partial charge is 0.336 e. The fourth-order valence-electron chi connectivity index (χ4n) is 4.67. The van der Waals surface area contributed by atoms with Crippen molar-refractivity contribution in [2.45, 2.75) is 38.5 Å². The summed E-state index contributed by atoms with van der Waals surface area (Å²) in [4.78, 5) is 26.7. The van der Waals surface area contributed by atoms with Crippen LogP contribution in [0.2, 0.25) is 0 Å². The summed E-state index contributed by atoms with van der Waals surface area (Å²) in [5.41, 5.74) is 4.84. The number of Topliss-reactive ketones (excluding diaryl/α,β-unsaturated/α-hetero) is 1. The molecule has 2 aromatic rings. The molecule has 0 fully saturated rings. The van der Waals surface area contributed by atoms with Gasteiger partial charge in [-0.15, -0.1) is 0 Å². The zero-order valence-electron chi connectivity index (χ0n) is 18.9. The SMILES string of the molecule is CCOCCOC(=O)C1=C(C)NC2=C(C(=O)C[C@H](c3ccccc3)C2)[C@@H]1c1ccc(Br)cc1. The molecule has 2 aromatic carbocycles. The summed E-state index contributed by atoms with van der Waals surface area (Å²) in [6.45, 7) is 4.86. The highest BCUT2D eigenvalue weighted by molar-refractivity contribution is 9.10. The van der Waals surface area contributed by atoms with Gasteiger partial charge >= 0.3 is 5.97 Å². The van der Waals surface area contributed by atoms with Gasteiger partial charge in [-0.3, -0.25) is 4.79 Å².